The van der Waals surface area contributed by atoms with E-state index >= 15 is 0 Å². The van der Waals surface area contributed by atoms with E-state index in [2.05, 4.69) is 0 Å². The van der Waals surface area contributed by atoms with E-state index in [0.29, 0.717) is 23.4 Å². The summed E-state index contributed by atoms with van der Waals surface area (Å²) in [5, 5.41) is 0. The lowest BCUT2D eigenvalue weighted by molar-refractivity contribution is -0.137. The normalized spacial score (nSPS) is 13.7. The van der Waals surface area contributed by atoms with Crippen molar-refractivity contribution in [2.75, 3.05) is 28.4 Å². The Morgan fingerprint density at radius 2 is 1.19 bits per heavy atom. The van der Waals surface area contributed by atoms with Crippen LogP contribution in [-0.2, 0) is 25.6 Å². The fourth-order valence-corrected chi connectivity index (χ4v) is 3.48. The van der Waals surface area contributed by atoms with Gasteiger partial charge in [0.2, 0.25) is 0 Å². The van der Waals surface area contributed by atoms with Crippen LogP contribution < -0.4 is 9.47 Å². The van der Waals surface area contributed by atoms with Gasteiger partial charge in [0.05, 0.1) is 45.5 Å². The number of ether oxygens (including phenoxy) is 4. The third kappa shape index (κ3) is 4.88. The van der Waals surface area contributed by atoms with Crippen LogP contribution in [-0.4, -0.2) is 45.3 Å². The zero-order valence-electron chi connectivity index (χ0n) is 18.0. The molecule has 31 heavy (non-hydrogen) atoms. The quantitative estimate of drug-likeness (QED) is 0.632. The molecule has 7 heteroatoms. The highest BCUT2D eigenvalue weighted by molar-refractivity contribution is 5.98. The van der Waals surface area contributed by atoms with Crippen LogP contribution in [0.25, 0.3) is 0 Å². The molecule has 0 N–H and O–H groups in total. The van der Waals surface area contributed by atoms with Crippen LogP contribution in [0.5, 0.6) is 11.5 Å². The number of nitrogens with zero attached hydrogens (tertiary/aromatic N) is 1. The highest BCUT2D eigenvalue weighted by Gasteiger charge is 2.35. The third-order valence-electron chi connectivity index (χ3n) is 5.05. The van der Waals surface area contributed by atoms with Crippen LogP contribution in [0.3, 0.4) is 0 Å². The zero-order valence-corrected chi connectivity index (χ0v) is 18.0. The Morgan fingerprint density at radius 1 is 0.742 bits per heavy atom. The summed E-state index contributed by atoms with van der Waals surface area (Å²) in [4.78, 5) is 27.1. The lowest BCUT2D eigenvalue weighted by Gasteiger charge is -2.30. The topological polar surface area (TPSA) is 74.3 Å². The number of hydrogen-bond donors (Lipinski definition) is 0. The van der Waals surface area contributed by atoms with E-state index in [0.717, 1.165) is 16.9 Å². The van der Waals surface area contributed by atoms with Crippen LogP contribution in [0.15, 0.2) is 72.1 Å². The van der Waals surface area contributed by atoms with Gasteiger partial charge in [0.25, 0.3) is 0 Å². The van der Waals surface area contributed by atoms with Gasteiger partial charge in [-0.1, -0.05) is 24.3 Å². The van der Waals surface area contributed by atoms with E-state index in [1.807, 2.05) is 36.4 Å². The number of benzene rings is 2. The first-order chi connectivity index (χ1) is 15.0. The number of rotatable bonds is 7. The Bertz CT molecular complexity index is 958. The summed E-state index contributed by atoms with van der Waals surface area (Å²) >= 11 is 0. The number of carbonyl (C=O) groups is 2. The molecular weight excluding hydrogens is 398 g/mol. The van der Waals surface area contributed by atoms with Gasteiger partial charge < -0.3 is 23.8 Å². The molecule has 0 atom stereocenters. The van der Waals surface area contributed by atoms with Gasteiger partial charge in [-0.15, -0.1) is 0 Å². The predicted octanol–water partition coefficient (Wildman–Crippen LogP) is 3.42. The number of esters is 2. The Labute approximate surface area is 181 Å². The van der Waals surface area contributed by atoms with Crippen LogP contribution in [0.2, 0.25) is 0 Å². The molecule has 3 rings (SSSR count). The first-order valence-corrected chi connectivity index (χ1v) is 9.63. The minimum atomic E-state index is -0.627. The average molecular weight is 423 g/mol. The number of hydrogen-bond acceptors (Lipinski definition) is 7. The zero-order chi connectivity index (χ0) is 22.4. The summed E-state index contributed by atoms with van der Waals surface area (Å²) in [5.41, 5.74) is 2.40. The molecule has 1 aliphatic heterocycles. The minimum Gasteiger partial charge on any atom is -0.497 e. The van der Waals surface area contributed by atoms with Gasteiger partial charge in [-0.2, -0.15) is 0 Å². The van der Waals surface area contributed by atoms with Gasteiger partial charge in [-0.25, -0.2) is 9.59 Å². The molecule has 0 spiro atoms. The molecule has 0 saturated heterocycles. The standard InChI is InChI=1S/C24H25NO6/c1-28-18-9-5-16(6-10-18)13-25-14-20(23(26)30-3)22(21(15-25)24(27)31-4)17-7-11-19(29-2)12-8-17/h5-12,14-15,22H,13H2,1-4H3. The Hall–Kier alpha value is -3.74. The summed E-state index contributed by atoms with van der Waals surface area (Å²) in [6.07, 6.45) is 3.41. The monoisotopic (exact) mass is 423 g/mol. The maximum Gasteiger partial charge on any atom is 0.336 e. The van der Waals surface area contributed by atoms with Gasteiger partial charge in [0.15, 0.2) is 0 Å². The third-order valence-corrected chi connectivity index (χ3v) is 5.05. The van der Waals surface area contributed by atoms with E-state index in [9.17, 15) is 9.59 Å². The molecule has 0 saturated carbocycles. The van der Waals surface area contributed by atoms with Gasteiger partial charge >= 0.3 is 11.9 Å². The molecule has 162 valence electrons. The summed E-state index contributed by atoms with van der Waals surface area (Å²) in [6.45, 7) is 0.445. The van der Waals surface area contributed by atoms with Crippen molar-refractivity contribution in [1.82, 2.24) is 4.90 Å². The fourth-order valence-electron chi connectivity index (χ4n) is 3.48. The van der Waals surface area contributed by atoms with E-state index in [4.69, 9.17) is 18.9 Å². The van der Waals surface area contributed by atoms with Crippen LogP contribution in [0.1, 0.15) is 17.0 Å². The molecule has 0 amide bonds. The molecule has 2 aromatic rings. The highest BCUT2D eigenvalue weighted by atomic mass is 16.5. The van der Waals surface area contributed by atoms with E-state index in [1.165, 1.54) is 14.2 Å². The predicted molar refractivity (Wildman–Crippen MR) is 114 cm³/mol. The molecule has 2 aromatic carbocycles. The maximum absolute atomic E-state index is 12.7. The molecule has 1 heterocycles. The summed E-state index contributed by atoms with van der Waals surface area (Å²) in [6, 6.07) is 14.8. The van der Waals surface area contributed by atoms with E-state index in [-0.39, 0.29) is 0 Å². The largest absolute Gasteiger partial charge is 0.497 e. The molecule has 0 fully saturated rings. The van der Waals surface area contributed by atoms with Crippen molar-refractivity contribution in [2.24, 2.45) is 0 Å². The fraction of sp³-hybridized carbons (Fsp3) is 0.250. The maximum atomic E-state index is 12.7. The molecule has 0 radical (unpaired) electrons. The number of carbonyl (C=O) groups excluding carboxylic acids is 2. The lowest BCUT2D eigenvalue weighted by Crippen LogP contribution is -2.28. The SMILES string of the molecule is COC(=O)C1=CN(Cc2ccc(OC)cc2)C=C(C(=O)OC)C1c1ccc(OC)cc1. The summed E-state index contributed by atoms with van der Waals surface area (Å²) in [5.74, 6) is -0.241. The second kappa shape index (κ2) is 9.84. The van der Waals surface area contributed by atoms with Crippen molar-refractivity contribution in [1.29, 1.82) is 0 Å². The van der Waals surface area contributed by atoms with E-state index in [1.54, 1.807) is 43.7 Å². The average Bonchev–Trinajstić information content (AvgIpc) is 2.83. The van der Waals surface area contributed by atoms with Crippen molar-refractivity contribution < 1.29 is 28.5 Å². The highest BCUT2D eigenvalue weighted by Crippen LogP contribution is 2.38. The Balaban J connectivity index is 2.02. The van der Waals surface area contributed by atoms with Crippen molar-refractivity contribution in [3.8, 4) is 11.5 Å². The van der Waals surface area contributed by atoms with Gasteiger partial charge in [-0.3, -0.25) is 0 Å². The summed E-state index contributed by atoms with van der Waals surface area (Å²) < 4.78 is 20.5. The second-order valence-corrected chi connectivity index (χ2v) is 6.88. The van der Waals surface area contributed by atoms with Crippen molar-refractivity contribution in [2.45, 2.75) is 12.5 Å². The van der Waals surface area contributed by atoms with E-state index < -0.39 is 17.9 Å². The molecular formula is C24H25NO6. The van der Waals surface area contributed by atoms with Gasteiger partial charge in [-0.05, 0) is 35.4 Å². The van der Waals surface area contributed by atoms with Crippen molar-refractivity contribution in [3.63, 3.8) is 0 Å². The summed E-state index contributed by atoms with van der Waals surface area (Å²) in [7, 11) is 5.82. The molecule has 1 aliphatic rings. The van der Waals surface area contributed by atoms with Crippen molar-refractivity contribution in [3.05, 3.63) is 83.2 Å². The Kier molecular flexibility index (Phi) is 6.97. The van der Waals surface area contributed by atoms with Crippen molar-refractivity contribution >= 4 is 11.9 Å². The first kappa shape index (κ1) is 22.0. The number of methoxy groups -OCH3 is 4. The van der Waals surface area contributed by atoms with Crippen LogP contribution >= 0.6 is 0 Å². The van der Waals surface area contributed by atoms with Crippen LogP contribution in [0.4, 0.5) is 0 Å². The van der Waals surface area contributed by atoms with Gasteiger partial charge in [0, 0.05) is 18.9 Å². The second-order valence-electron chi connectivity index (χ2n) is 6.88. The first-order valence-electron chi connectivity index (χ1n) is 9.63. The molecule has 7 nitrogen and oxygen atoms in total. The smallest absolute Gasteiger partial charge is 0.336 e. The lowest BCUT2D eigenvalue weighted by atomic mass is 9.83. The van der Waals surface area contributed by atoms with Crippen LogP contribution in [0, 0.1) is 0 Å². The van der Waals surface area contributed by atoms with Gasteiger partial charge in [0.1, 0.15) is 11.5 Å². The molecule has 0 aromatic heterocycles. The molecule has 0 bridgehead atoms. The molecule has 0 unspecified atom stereocenters. The molecule has 0 aliphatic carbocycles. The minimum absolute atomic E-state index is 0.337. The Morgan fingerprint density at radius 3 is 1.61 bits per heavy atom.